The van der Waals surface area contributed by atoms with Crippen LogP contribution in [0.25, 0.3) is 0 Å². The molecule has 0 atom stereocenters. The highest BCUT2D eigenvalue weighted by Crippen LogP contribution is 2.31. The fourth-order valence-electron chi connectivity index (χ4n) is 3.35. The van der Waals surface area contributed by atoms with E-state index in [4.69, 9.17) is 0 Å². The molecule has 3 heterocycles. The monoisotopic (exact) mass is 264 g/mol. The highest BCUT2D eigenvalue weighted by molar-refractivity contribution is 7.10. The van der Waals surface area contributed by atoms with Crippen LogP contribution >= 0.6 is 11.3 Å². The number of likely N-dealkylation sites (tertiary alicyclic amines) is 1. The van der Waals surface area contributed by atoms with E-state index < -0.39 is 0 Å². The summed E-state index contributed by atoms with van der Waals surface area (Å²) in [6, 6.07) is 4.51. The molecule has 0 radical (unpaired) electrons. The Kier molecular flexibility index (Phi) is 4.34. The summed E-state index contributed by atoms with van der Waals surface area (Å²) in [5.74, 6) is 1.79. The largest absolute Gasteiger partial charge is 0.317 e. The molecule has 18 heavy (non-hydrogen) atoms. The van der Waals surface area contributed by atoms with E-state index in [0.717, 1.165) is 11.8 Å². The molecule has 2 nitrogen and oxygen atoms in total. The first-order chi connectivity index (χ1) is 8.92. The van der Waals surface area contributed by atoms with E-state index in [1.54, 1.807) is 4.88 Å². The molecule has 0 aliphatic carbocycles. The molecule has 0 amide bonds. The quantitative estimate of drug-likeness (QED) is 0.903. The van der Waals surface area contributed by atoms with Crippen LogP contribution in [0, 0.1) is 5.92 Å². The molecule has 3 heteroatoms. The van der Waals surface area contributed by atoms with Crippen molar-refractivity contribution in [2.45, 2.75) is 31.6 Å². The zero-order valence-corrected chi connectivity index (χ0v) is 11.9. The van der Waals surface area contributed by atoms with E-state index in [1.807, 2.05) is 11.3 Å². The average molecular weight is 264 g/mol. The van der Waals surface area contributed by atoms with Crippen molar-refractivity contribution in [3.63, 3.8) is 0 Å². The van der Waals surface area contributed by atoms with Crippen LogP contribution in [0.2, 0.25) is 0 Å². The Morgan fingerprint density at radius 2 is 1.94 bits per heavy atom. The van der Waals surface area contributed by atoms with Gasteiger partial charge in [0, 0.05) is 11.4 Å². The lowest BCUT2D eigenvalue weighted by molar-refractivity contribution is 0.168. The third-order valence-corrected chi connectivity index (χ3v) is 5.54. The molecule has 0 saturated carbocycles. The number of hydrogen-bond donors (Lipinski definition) is 1. The zero-order valence-electron chi connectivity index (χ0n) is 11.1. The third-order valence-electron chi connectivity index (χ3n) is 4.51. The number of nitrogens with zero attached hydrogens (tertiary/aromatic N) is 1. The fourth-order valence-corrected chi connectivity index (χ4v) is 4.25. The topological polar surface area (TPSA) is 15.3 Å². The summed E-state index contributed by atoms with van der Waals surface area (Å²) in [4.78, 5) is 4.32. The van der Waals surface area contributed by atoms with E-state index in [0.29, 0.717) is 0 Å². The van der Waals surface area contributed by atoms with Gasteiger partial charge in [-0.05, 0) is 75.1 Å². The highest BCUT2D eigenvalue weighted by atomic mass is 32.1. The standard InChI is InChI=1S/C15H24N2S/c1-2-15(18-11-1)14-5-9-17(10-6-14)12-13-3-7-16-8-4-13/h1-2,11,13-14,16H,3-10,12H2. The second kappa shape index (κ2) is 6.18. The van der Waals surface area contributed by atoms with Crippen LogP contribution in [0.1, 0.15) is 36.5 Å². The number of hydrogen-bond acceptors (Lipinski definition) is 3. The van der Waals surface area contributed by atoms with Gasteiger partial charge in [0.05, 0.1) is 0 Å². The second-order valence-corrected chi connectivity index (χ2v) is 6.76. The van der Waals surface area contributed by atoms with Crippen LogP contribution in [-0.2, 0) is 0 Å². The molecule has 100 valence electrons. The normalized spacial score (nSPS) is 24.4. The van der Waals surface area contributed by atoms with E-state index in [2.05, 4.69) is 27.7 Å². The maximum absolute atomic E-state index is 3.46. The van der Waals surface area contributed by atoms with Crippen LogP contribution in [0.3, 0.4) is 0 Å². The lowest BCUT2D eigenvalue weighted by atomic mass is 9.92. The minimum atomic E-state index is 0.842. The molecule has 3 rings (SSSR count). The van der Waals surface area contributed by atoms with Crippen molar-refractivity contribution >= 4 is 11.3 Å². The van der Waals surface area contributed by atoms with Gasteiger partial charge in [-0.1, -0.05) is 6.07 Å². The lowest BCUT2D eigenvalue weighted by Crippen LogP contribution is -2.39. The van der Waals surface area contributed by atoms with Crippen LogP contribution in [0.15, 0.2) is 17.5 Å². The molecule has 2 aliphatic heterocycles. The Morgan fingerprint density at radius 1 is 1.17 bits per heavy atom. The maximum atomic E-state index is 3.46. The van der Waals surface area contributed by atoms with Crippen molar-refractivity contribution in [2.24, 2.45) is 5.92 Å². The summed E-state index contributed by atoms with van der Waals surface area (Å²) < 4.78 is 0. The molecule has 2 fully saturated rings. The molecule has 2 aliphatic rings. The second-order valence-electron chi connectivity index (χ2n) is 5.78. The molecular weight excluding hydrogens is 240 g/mol. The molecule has 1 aromatic rings. The lowest BCUT2D eigenvalue weighted by Gasteiger charge is -2.35. The van der Waals surface area contributed by atoms with Crippen molar-refractivity contribution in [3.8, 4) is 0 Å². The van der Waals surface area contributed by atoms with E-state index in [-0.39, 0.29) is 0 Å². The van der Waals surface area contributed by atoms with Gasteiger partial charge >= 0.3 is 0 Å². The Balaban J connectivity index is 1.45. The number of thiophene rings is 1. The van der Waals surface area contributed by atoms with Gasteiger partial charge < -0.3 is 10.2 Å². The summed E-state index contributed by atoms with van der Waals surface area (Å²) in [6.45, 7) is 6.44. The van der Waals surface area contributed by atoms with Gasteiger partial charge in [-0.3, -0.25) is 0 Å². The molecule has 0 bridgehead atoms. The Bertz CT molecular complexity index is 335. The summed E-state index contributed by atoms with van der Waals surface area (Å²) >= 11 is 1.94. The number of piperidine rings is 2. The van der Waals surface area contributed by atoms with Crippen molar-refractivity contribution < 1.29 is 0 Å². The van der Waals surface area contributed by atoms with Crippen molar-refractivity contribution in [1.29, 1.82) is 0 Å². The predicted octanol–water partition coefficient (Wildman–Crippen LogP) is 2.93. The third kappa shape index (κ3) is 3.14. The molecule has 0 unspecified atom stereocenters. The summed E-state index contributed by atoms with van der Waals surface area (Å²) in [7, 11) is 0. The first-order valence-electron chi connectivity index (χ1n) is 7.38. The van der Waals surface area contributed by atoms with Crippen LogP contribution in [-0.4, -0.2) is 37.6 Å². The van der Waals surface area contributed by atoms with Gasteiger partial charge in [-0.2, -0.15) is 0 Å². The first kappa shape index (κ1) is 12.6. The van der Waals surface area contributed by atoms with E-state index in [1.165, 1.54) is 58.4 Å². The number of nitrogens with one attached hydrogen (secondary N) is 1. The maximum Gasteiger partial charge on any atom is 0.00771 e. The van der Waals surface area contributed by atoms with E-state index >= 15 is 0 Å². The molecule has 0 spiro atoms. The molecule has 1 aromatic heterocycles. The first-order valence-corrected chi connectivity index (χ1v) is 8.26. The summed E-state index contributed by atoms with van der Waals surface area (Å²) in [5, 5.41) is 5.68. The highest BCUT2D eigenvalue weighted by Gasteiger charge is 2.23. The average Bonchev–Trinajstić information content (AvgIpc) is 2.95. The molecule has 0 aromatic carbocycles. The zero-order chi connectivity index (χ0) is 12.2. The van der Waals surface area contributed by atoms with Gasteiger partial charge in [-0.25, -0.2) is 0 Å². The van der Waals surface area contributed by atoms with Crippen LogP contribution < -0.4 is 5.32 Å². The predicted molar refractivity (Wildman–Crippen MR) is 78.3 cm³/mol. The van der Waals surface area contributed by atoms with Crippen LogP contribution in [0.5, 0.6) is 0 Å². The Hall–Kier alpha value is -0.380. The SMILES string of the molecule is c1csc(C2CCN(CC3CCNCC3)CC2)c1. The van der Waals surface area contributed by atoms with Gasteiger partial charge in [0.25, 0.3) is 0 Å². The van der Waals surface area contributed by atoms with Gasteiger partial charge in [0.1, 0.15) is 0 Å². The van der Waals surface area contributed by atoms with Gasteiger partial charge in [0.15, 0.2) is 0 Å². The van der Waals surface area contributed by atoms with E-state index in [9.17, 15) is 0 Å². The van der Waals surface area contributed by atoms with Crippen molar-refractivity contribution in [3.05, 3.63) is 22.4 Å². The Morgan fingerprint density at radius 3 is 2.61 bits per heavy atom. The minimum Gasteiger partial charge on any atom is -0.317 e. The minimum absolute atomic E-state index is 0.842. The van der Waals surface area contributed by atoms with Gasteiger partial charge in [-0.15, -0.1) is 11.3 Å². The Labute approximate surface area is 114 Å². The summed E-state index contributed by atoms with van der Waals surface area (Å²) in [5.41, 5.74) is 0. The van der Waals surface area contributed by atoms with Crippen molar-refractivity contribution in [2.75, 3.05) is 32.7 Å². The smallest absolute Gasteiger partial charge is 0.00771 e. The number of rotatable bonds is 3. The molecule has 1 N–H and O–H groups in total. The molecule has 2 saturated heterocycles. The van der Waals surface area contributed by atoms with Gasteiger partial charge in [0.2, 0.25) is 0 Å². The summed E-state index contributed by atoms with van der Waals surface area (Å²) in [6.07, 6.45) is 5.49. The fraction of sp³-hybridized carbons (Fsp3) is 0.733. The molecular formula is C15H24N2S. The van der Waals surface area contributed by atoms with Crippen LogP contribution in [0.4, 0.5) is 0 Å². The van der Waals surface area contributed by atoms with Crippen molar-refractivity contribution in [1.82, 2.24) is 10.2 Å².